The smallest absolute Gasteiger partial charge is 0.191 e. The highest BCUT2D eigenvalue weighted by Crippen LogP contribution is 2.17. The largest absolute Gasteiger partial charge is 0.312 e. The maximum Gasteiger partial charge on any atom is 0.191 e. The van der Waals surface area contributed by atoms with Gasteiger partial charge in [-0.25, -0.2) is 0 Å². The van der Waals surface area contributed by atoms with E-state index in [2.05, 4.69) is 10.2 Å². The van der Waals surface area contributed by atoms with Gasteiger partial charge in [-0.15, -0.1) is 10.2 Å². The lowest BCUT2D eigenvalue weighted by atomic mass is 10.6. The maximum absolute atomic E-state index is 4.79. The molecule has 0 radical (unpaired) electrons. The van der Waals surface area contributed by atoms with Crippen LogP contribution in [0.5, 0.6) is 0 Å². The van der Waals surface area contributed by atoms with Gasteiger partial charge in [-0.1, -0.05) is 24.0 Å². The molecule has 0 fully saturated rings. The van der Waals surface area contributed by atoms with Crippen molar-refractivity contribution in [1.82, 2.24) is 14.8 Å². The molecule has 5 heteroatoms. The van der Waals surface area contributed by atoms with E-state index in [0.29, 0.717) is 5.25 Å². The molecule has 1 rings (SSSR count). The first-order chi connectivity index (χ1) is 5.24. The van der Waals surface area contributed by atoms with Gasteiger partial charge in [0.2, 0.25) is 0 Å². The van der Waals surface area contributed by atoms with Gasteiger partial charge in [-0.05, 0) is 12.3 Å². The summed E-state index contributed by atoms with van der Waals surface area (Å²) in [5.74, 6) is 0. The Balaban J connectivity index is 2.63. The van der Waals surface area contributed by atoms with Gasteiger partial charge in [0, 0.05) is 12.3 Å². The molecule has 11 heavy (non-hydrogen) atoms. The van der Waals surface area contributed by atoms with Gasteiger partial charge in [0.1, 0.15) is 6.33 Å². The molecule has 0 aliphatic rings. The molecule has 0 saturated heterocycles. The quantitative estimate of drug-likeness (QED) is 0.527. The minimum Gasteiger partial charge on any atom is -0.312 e. The molecule has 0 aromatic carbocycles. The summed E-state index contributed by atoms with van der Waals surface area (Å²) in [5.41, 5.74) is 0. The van der Waals surface area contributed by atoms with Crippen LogP contribution < -0.4 is 0 Å². The molecule has 0 bridgehead atoms. The third kappa shape index (κ3) is 2.27. The van der Waals surface area contributed by atoms with Crippen LogP contribution in [0.2, 0.25) is 0 Å². The normalized spacial score (nSPS) is 12.9. The Kier molecular flexibility index (Phi) is 3.02. The number of thiocarbonyl (C=S) groups is 1. The summed E-state index contributed by atoms with van der Waals surface area (Å²) in [6.07, 6.45) is 1.68. The molecule has 3 nitrogen and oxygen atoms in total. The van der Waals surface area contributed by atoms with Crippen molar-refractivity contribution >= 4 is 29.3 Å². The lowest BCUT2D eigenvalue weighted by Gasteiger charge is -2.01. The molecule has 0 saturated carbocycles. The summed E-state index contributed by atoms with van der Waals surface area (Å²) in [6.45, 7) is 2.03. The van der Waals surface area contributed by atoms with Crippen LogP contribution in [0, 0.1) is 0 Å². The van der Waals surface area contributed by atoms with Crippen molar-refractivity contribution < 1.29 is 0 Å². The number of hydrogen-bond acceptors (Lipinski definition) is 4. The first kappa shape index (κ1) is 8.67. The van der Waals surface area contributed by atoms with Crippen molar-refractivity contribution in [3.05, 3.63) is 6.33 Å². The Bertz CT molecular complexity index is 246. The lowest BCUT2D eigenvalue weighted by molar-refractivity contribution is 0.788. The second-order valence-electron chi connectivity index (χ2n) is 2.18. The topological polar surface area (TPSA) is 30.7 Å². The van der Waals surface area contributed by atoms with Crippen LogP contribution in [-0.4, -0.2) is 25.4 Å². The predicted octanol–water partition coefficient (Wildman–Crippen LogP) is 1.30. The van der Waals surface area contributed by atoms with Crippen molar-refractivity contribution in [3.8, 4) is 0 Å². The van der Waals surface area contributed by atoms with Gasteiger partial charge in [0.05, 0.1) is 0 Å². The molecule has 1 unspecified atom stereocenters. The molecular formula is C6H9N3S2. The van der Waals surface area contributed by atoms with Crippen LogP contribution in [-0.2, 0) is 7.05 Å². The highest BCUT2D eigenvalue weighted by molar-refractivity contribution is 8.01. The molecule has 0 amide bonds. The molecule has 60 valence electrons. The fourth-order valence-electron chi connectivity index (χ4n) is 0.573. The molecule has 1 aromatic heterocycles. The zero-order valence-electron chi connectivity index (χ0n) is 6.39. The average Bonchev–Trinajstić information content (AvgIpc) is 2.37. The second kappa shape index (κ2) is 3.82. The van der Waals surface area contributed by atoms with Crippen LogP contribution in [0.3, 0.4) is 0 Å². The van der Waals surface area contributed by atoms with E-state index in [4.69, 9.17) is 12.2 Å². The molecular weight excluding hydrogens is 178 g/mol. The van der Waals surface area contributed by atoms with Gasteiger partial charge < -0.3 is 4.57 Å². The van der Waals surface area contributed by atoms with Crippen LogP contribution in [0.15, 0.2) is 11.5 Å². The zero-order valence-corrected chi connectivity index (χ0v) is 8.02. The number of aryl methyl sites for hydroxylation is 1. The van der Waals surface area contributed by atoms with E-state index in [1.807, 2.05) is 18.5 Å². The summed E-state index contributed by atoms with van der Waals surface area (Å²) in [7, 11) is 1.92. The van der Waals surface area contributed by atoms with Gasteiger partial charge in [-0.2, -0.15) is 0 Å². The monoisotopic (exact) mass is 187 g/mol. The van der Waals surface area contributed by atoms with E-state index in [1.54, 1.807) is 23.5 Å². The maximum atomic E-state index is 4.79. The summed E-state index contributed by atoms with van der Waals surface area (Å²) in [4.78, 5) is 0. The summed E-state index contributed by atoms with van der Waals surface area (Å²) in [5, 5.41) is 10.6. The average molecular weight is 187 g/mol. The van der Waals surface area contributed by atoms with Crippen LogP contribution in [0.25, 0.3) is 0 Å². The van der Waals surface area contributed by atoms with Gasteiger partial charge in [0.25, 0.3) is 0 Å². The van der Waals surface area contributed by atoms with E-state index in [0.717, 1.165) is 5.16 Å². The molecule has 0 spiro atoms. The molecule has 1 atom stereocenters. The van der Waals surface area contributed by atoms with Crippen molar-refractivity contribution in [2.24, 2.45) is 7.05 Å². The molecule has 0 N–H and O–H groups in total. The fraction of sp³-hybridized carbons (Fsp3) is 0.500. The Labute approximate surface area is 75.2 Å². The van der Waals surface area contributed by atoms with Crippen molar-refractivity contribution in [1.29, 1.82) is 0 Å². The van der Waals surface area contributed by atoms with E-state index in [1.165, 1.54) is 0 Å². The predicted molar refractivity (Wildman–Crippen MR) is 50.0 cm³/mol. The second-order valence-corrected chi connectivity index (χ2v) is 3.80. The van der Waals surface area contributed by atoms with Gasteiger partial charge >= 0.3 is 0 Å². The number of rotatable bonds is 3. The van der Waals surface area contributed by atoms with E-state index in [9.17, 15) is 0 Å². The Morgan fingerprint density at radius 3 is 3.00 bits per heavy atom. The van der Waals surface area contributed by atoms with Crippen LogP contribution >= 0.6 is 24.0 Å². The third-order valence-corrected chi connectivity index (χ3v) is 2.82. The van der Waals surface area contributed by atoms with Crippen LogP contribution in [0.1, 0.15) is 6.92 Å². The third-order valence-electron chi connectivity index (χ3n) is 1.15. The van der Waals surface area contributed by atoms with Crippen molar-refractivity contribution in [2.75, 3.05) is 0 Å². The summed E-state index contributed by atoms with van der Waals surface area (Å²) < 4.78 is 1.88. The Morgan fingerprint density at radius 2 is 2.55 bits per heavy atom. The number of hydrogen-bond donors (Lipinski definition) is 0. The standard InChI is InChI=1S/C6H9N3S2/c1-5(3-10)11-6-8-7-4-9(6)2/h3-5H,1-2H3. The highest BCUT2D eigenvalue weighted by Gasteiger charge is 2.04. The number of aromatic nitrogens is 3. The van der Waals surface area contributed by atoms with E-state index < -0.39 is 0 Å². The van der Waals surface area contributed by atoms with E-state index in [-0.39, 0.29) is 0 Å². The van der Waals surface area contributed by atoms with Gasteiger partial charge in [-0.3, -0.25) is 0 Å². The van der Waals surface area contributed by atoms with Crippen LogP contribution in [0.4, 0.5) is 0 Å². The summed E-state index contributed by atoms with van der Waals surface area (Å²) >= 11 is 6.39. The SMILES string of the molecule is CC(C=S)Sc1nncn1C. The first-order valence-electron chi connectivity index (χ1n) is 3.20. The minimum atomic E-state index is 0.313. The molecule has 1 aromatic rings. The minimum absolute atomic E-state index is 0.313. The highest BCUT2D eigenvalue weighted by atomic mass is 32.2. The van der Waals surface area contributed by atoms with Crippen molar-refractivity contribution in [2.45, 2.75) is 17.3 Å². The Hall–Kier alpha value is -0.420. The number of nitrogens with zero attached hydrogens (tertiary/aromatic N) is 3. The zero-order chi connectivity index (χ0) is 8.27. The summed E-state index contributed by atoms with van der Waals surface area (Å²) in [6, 6.07) is 0. The Morgan fingerprint density at radius 1 is 1.82 bits per heavy atom. The van der Waals surface area contributed by atoms with Gasteiger partial charge in [0.15, 0.2) is 5.16 Å². The van der Waals surface area contributed by atoms with E-state index >= 15 is 0 Å². The lowest BCUT2D eigenvalue weighted by Crippen LogP contribution is -1.98. The molecule has 0 aliphatic heterocycles. The van der Waals surface area contributed by atoms with Crippen molar-refractivity contribution in [3.63, 3.8) is 0 Å². The molecule has 0 aliphatic carbocycles. The fourth-order valence-corrected chi connectivity index (χ4v) is 1.44. The first-order valence-corrected chi connectivity index (χ1v) is 4.55. The number of thioether (sulfide) groups is 1. The molecule has 1 heterocycles.